The summed E-state index contributed by atoms with van der Waals surface area (Å²) in [5, 5.41) is 20.1. The summed E-state index contributed by atoms with van der Waals surface area (Å²) in [7, 11) is -4.50. The minimum Gasteiger partial charge on any atom is -0.338 e. The molecular formula is C19H12Cl2N6O4S. The number of para-hydroxylation sites is 2. The van der Waals surface area contributed by atoms with E-state index in [1.54, 1.807) is 24.3 Å². The molecule has 0 bridgehead atoms. The lowest BCUT2D eigenvalue weighted by atomic mass is 10.1. The maximum Gasteiger partial charge on any atom is 0.290 e. The SMILES string of the molecule is NS(=O)(=O)c1c(-c2nc3ccccc3nc2Nc2cc(Cl)nc(Cl)c2)cccc1[N+](=O)[O-]. The number of rotatable bonds is 5. The molecule has 0 aliphatic heterocycles. The predicted octanol–water partition coefficient (Wildman–Crippen LogP) is 4.30. The van der Waals surface area contributed by atoms with E-state index < -0.39 is 25.5 Å². The number of pyridine rings is 1. The molecule has 32 heavy (non-hydrogen) atoms. The van der Waals surface area contributed by atoms with Crippen molar-refractivity contribution < 1.29 is 13.3 Å². The van der Waals surface area contributed by atoms with Crippen molar-refractivity contribution in [3.05, 3.63) is 75.0 Å². The highest BCUT2D eigenvalue weighted by atomic mass is 35.5. The summed E-state index contributed by atoms with van der Waals surface area (Å²) in [4.78, 5) is 22.9. The van der Waals surface area contributed by atoms with Gasteiger partial charge in [-0.2, -0.15) is 0 Å². The Kier molecular flexibility index (Phi) is 5.65. The van der Waals surface area contributed by atoms with E-state index in [1.165, 1.54) is 24.3 Å². The molecular weight excluding hydrogens is 479 g/mol. The van der Waals surface area contributed by atoms with Crippen LogP contribution in [0.15, 0.2) is 59.5 Å². The van der Waals surface area contributed by atoms with E-state index in [-0.39, 0.29) is 27.4 Å². The summed E-state index contributed by atoms with van der Waals surface area (Å²) in [6.45, 7) is 0. The van der Waals surface area contributed by atoms with Crippen LogP contribution in [0.3, 0.4) is 0 Å². The number of primary sulfonamides is 1. The fraction of sp³-hybridized carbons (Fsp3) is 0. The zero-order valence-corrected chi connectivity index (χ0v) is 18.2. The van der Waals surface area contributed by atoms with Gasteiger partial charge < -0.3 is 5.32 Å². The average Bonchev–Trinajstić information content (AvgIpc) is 2.71. The van der Waals surface area contributed by atoms with Crippen molar-refractivity contribution >= 4 is 61.5 Å². The summed E-state index contributed by atoms with van der Waals surface area (Å²) in [5.41, 5.74) is 0.580. The van der Waals surface area contributed by atoms with Crippen molar-refractivity contribution in [2.45, 2.75) is 4.90 Å². The quantitative estimate of drug-likeness (QED) is 0.238. The molecule has 2 heterocycles. The first-order chi connectivity index (χ1) is 15.1. The molecule has 0 saturated heterocycles. The Hall–Kier alpha value is -3.38. The van der Waals surface area contributed by atoms with Crippen LogP contribution >= 0.6 is 23.2 Å². The van der Waals surface area contributed by atoms with Gasteiger partial charge in [-0.3, -0.25) is 10.1 Å². The number of fused-ring (bicyclic) bond motifs is 1. The molecule has 0 atom stereocenters. The third-order valence-corrected chi connectivity index (χ3v) is 5.71. The van der Waals surface area contributed by atoms with Crippen LogP contribution in [0.25, 0.3) is 22.3 Å². The Morgan fingerprint density at radius 3 is 2.16 bits per heavy atom. The number of nitro benzene ring substituents is 1. The summed E-state index contributed by atoms with van der Waals surface area (Å²) in [6.07, 6.45) is 0. The molecule has 0 saturated carbocycles. The first-order valence-electron chi connectivity index (χ1n) is 8.81. The van der Waals surface area contributed by atoms with E-state index in [9.17, 15) is 18.5 Å². The maximum absolute atomic E-state index is 12.3. The van der Waals surface area contributed by atoms with Crippen molar-refractivity contribution in [3.63, 3.8) is 0 Å². The molecule has 4 rings (SSSR count). The van der Waals surface area contributed by atoms with E-state index in [1.807, 2.05) is 0 Å². The second-order valence-electron chi connectivity index (χ2n) is 6.49. The molecule has 0 amide bonds. The molecule has 0 aliphatic carbocycles. The largest absolute Gasteiger partial charge is 0.338 e. The summed E-state index contributed by atoms with van der Waals surface area (Å²) < 4.78 is 24.7. The normalized spacial score (nSPS) is 11.5. The van der Waals surface area contributed by atoms with Crippen LogP contribution in [0.1, 0.15) is 0 Å². The van der Waals surface area contributed by atoms with Gasteiger partial charge in [0.05, 0.1) is 16.0 Å². The second kappa shape index (κ2) is 8.28. The van der Waals surface area contributed by atoms with Gasteiger partial charge in [0.1, 0.15) is 16.0 Å². The molecule has 0 unspecified atom stereocenters. The minimum absolute atomic E-state index is 0.0282. The van der Waals surface area contributed by atoms with Gasteiger partial charge >= 0.3 is 0 Å². The standard InChI is InChI=1S/C19H12Cl2N6O4S/c20-15-8-10(9-16(21)26-15)23-19-17(24-12-5-1-2-6-13(12)25-19)11-4-3-7-14(27(28)29)18(11)32(22,30)31/h1-9H,(H2,22,30,31)(H,23,25,26). The van der Waals surface area contributed by atoms with Crippen LogP contribution in [0, 0.1) is 10.1 Å². The summed E-state index contributed by atoms with van der Waals surface area (Å²) in [5.74, 6) is 0.104. The average molecular weight is 491 g/mol. The van der Waals surface area contributed by atoms with Gasteiger partial charge in [0.25, 0.3) is 5.69 Å². The van der Waals surface area contributed by atoms with Gasteiger partial charge in [-0.25, -0.2) is 28.5 Å². The molecule has 2 aromatic carbocycles. The van der Waals surface area contributed by atoms with Gasteiger partial charge in [0, 0.05) is 17.3 Å². The number of anilines is 2. The van der Waals surface area contributed by atoms with Gasteiger partial charge in [0.2, 0.25) is 10.0 Å². The van der Waals surface area contributed by atoms with Crippen molar-refractivity contribution in [2.24, 2.45) is 5.14 Å². The molecule has 0 radical (unpaired) electrons. The number of halogens is 2. The Labute approximate surface area is 191 Å². The van der Waals surface area contributed by atoms with Crippen LogP contribution in [-0.2, 0) is 10.0 Å². The minimum atomic E-state index is -4.50. The van der Waals surface area contributed by atoms with E-state index >= 15 is 0 Å². The van der Waals surface area contributed by atoms with E-state index in [0.717, 1.165) is 6.07 Å². The van der Waals surface area contributed by atoms with Crippen molar-refractivity contribution in [3.8, 4) is 11.3 Å². The number of benzene rings is 2. The smallest absolute Gasteiger partial charge is 0.290 e. The van der Waals surface area contributed by atoms with Crippen LogP contribution in [0.5, 0.6) is 0 Å². The van der Waals surface area contributed by atoms with Crippen molar-refractivity contribution in [1.82, 2.24) is 15.0 Å². The molecule has 0 spiro atoms. The van der Waals surface area contributed by atoms with Gasteiger partial charge in [-0.05, 0) is 24.3 Å². The molecule has 0 fully saturated rings. The molecule has 162 valence electrons. The first kappa shape index (κ1) is 21.8. The number of nitrogens with two attached hydrogens (primary N) is 1. The number of hydrogen-bond donors (Lipinski definition) is 2. The highest BCUT2D eigenvalue weighted by Crippen LogP contribution is 2.37. The number of nitro groups is 1. The molecule has 13 heteroatoms. The summed E-state index contributed by atoms with van der Waals surface area (Å²) in [6, 6.07) is 13.6. The van der Waals surface area contributed by atoms with Crippen LogP contribution < -0.4 is 10.5 Å². The Bertz CT molecular complexity index is 1480. The lowest BCUT2D eigenvalue weighted by molar-refractivity contribution is -0.387. The second-order valence-corrected chi connectivity index (χ2v) is 8.76. The first-order valence-corrected chi connectivity index (χ1v) is 11.1. The van der Waals surface area contributed by atoms with E-state index in [0.29, 0.717) is 16.7 Å². The monoisotopic (exact) mass is 490 g/mol. The third kappa shape index (κ3) is 4.32. The third-order valence-electron chi connectivity index (χ3n) is 4.33. The molecule has 10 nitrogen and oxygen atoms in total. The topological polar surface area (TPSA) is 154 Å². The molecule has 3 N–H and O–H groups in total. The fourth-order valence-corrected chi connectivity index (χ4v) is 4.47. The fourth-order valence-electron chi connectivity index (χ4n) is 3.10. The summed E-state index contributed by atoms with van der Waals surface area (Å²) >= 11 is 11.9. The lowest BCUT2D eigenvalue weighted by Crippen LogP contribution is -2.16. The van der Waals surface area contributed by atoms with Crippen LogP contribution in [-0.4, -0.2) is 28.3 Å². The number of nitrogens with one attached hydrogen (secondary N) is 1. The predicted molar refractivity (Wildman–Crippen MR) is 121 cm³/mol. The van der Waals surface area contributed by atoms with E-state index in [2.05, 4.69) is 20.3 Å². The Morgan fingerprint density at radius 2 is 1.56 bits per heavy atom. The molecule has 4 aromatic rings. The number of sulfonamides is 1. The number of hydrogen-bond acceptors (Lipinski definition) is 8. The van der Waals surface area contributed by atoms with Crippen molar-refractivity contribution in [2.75, 3.05) is 5.32 Å². The zero-order chi connectivity index (χ0) is 23.0. The Balaban J connectivity index is 2.04. The molecule has 0 aliphatic rings. The zero-order valence-electron chi connectivity index (χ0n) is 15.9. The lowest BCUT2D eigenvalue weighted by Gasteiger charge is -2.14. The van der Waals surface area contributed by atoms with Gasteiger partial charge in [-0.1, -0.05) is 47.5 Å². The number of aromatic nitrogens is 3. The van der Waals surface area contributed by atoms with Crippen LogP contribution in [0.4, 0.5) is 17.2 Å². The maximum atomic E-state index is 12.3. The van der Waals surface area contributed by atoms with E-state index in [4.69, 9.17) is 28.3 Å². The highest BCUT2D eigenvalue weighted by Gasteiger charge is 2.29. The highest BCUT2D eigenvalue weighted by molar-refractivity contribution is 7.89. The van der Waals surface area contributed by atoms with Crippen LogP contribution in [0.2, 0.25) is 10.3 Å². The Morgan fingerprint density at radius 1 is 0.938 bits per heavy atom. The van der Waals surface area contributed by atoms with Crippen molar-refractivity contribution in [1.29, 1.82) is 0 Å². The molecule has 2 aromatic heterocycles. The number of nitrogens with zero attached hydrogens (tertiary/aromatic N) is 4. The van der Waals surface area contributed by atoms with Gasteiger partial charge in [0.15, 0.2) is 10.7 Å². The van der Waals surface area contributed by atoms with Gasteiger partial charge in [-0.15, -0.1) is 0 Å².